The van der Waals surface area contributed by atoms with Crippen LogP contribution in [0.4, 0.5) is 0 Å². The van der Waals surface area contributed by atoms with Crippen molar-refractivity contribution in [2.45, 2.75) is 32.2 Å². The largest absolute Gasteiger partial charge is 0.344 e. The van der Waals surface area contributed by atoms with E-state index in [1.807, 2.05) is 13.0 Å². The van der Waals surface area contributed by atoms with Crippen LogP contribution in [0.5, 0.6) is 0 Å². The lowest BCUT2D eigenvalue weighted by Crippen LogP contribution is -2.26. The topological polar surface area (TPSA) is 67.8 Å². The van der Waals surface area contributed by atoms with Gasteiger partial charge in [0, 0.05) is 5.69 Å². The normalized spacial score (nSPS) is 22.9. The fourth-order valence-electron chi connectivity index (χ4n) is 2.64. The fourth-order valence-corrected chi connectivity index (χ4v) is 2.64. The molecule has 3 rings (SSSR count). The number of pyridine rings is 1. The zero-order valence-corrected chi connectivity index (χ0v) is 9.73. The summed E-state index contributed by atoms with van der Waals surface area (Å²) in [6, 6.07) is 1.60. The van der Waals surface area contributed by atoms with Crippen molar-refractivity contribution in [2.75, 3.05) is 0 Å². The number of ketones is 1. The van der Waals surface area contributed by atoms with Crippen LogP contribution >= 0.6 is 0 Å². The summed E-state index contributed by atoms with van der Waals surface area (Å²) in [5, 5.41) is 0. The Labute approximate surface area is 97.5 Å². The van der Waals surface area contributed by atoms with Crippen molar-refractivity contribution in [3.63, 3.8) is 0 Å². The van der Waals surface area contributed by atoms with E-state index in [9.17, 15) is 9.59 Å². The van der Waals surface area contributed by atoms with Gasteiger partial charge in [-0.15, -0.1) is 0 Å². The number of aromatic nitrogens is 3. The maximum Gasteiger partial charge on any atom is 0.279 e. The lowest BCUT2D eigenvalue weighted by Gasteiger charge is -2.10. The van der Waals surface area contributed by atoms with E-state index in [1.165, 1.54) is 13.3 Å². The number of nitrogens with zero attached hydrogens (tertiary/aromatic N) is 2. The van der Waals surface area contributed by atoms with Crippen molar-refractivity contribution in [1.82, 2.24) is 14.5 Å². The van der Waals surface area contributed by atoms with Gasteiger partial charge in [0.05, 0.1) is 17.9 Å². The standard InChI is InChI=1S/C12H13N3O2/c1-6-3-10(7(2)16)15-9(6)4-8-11(12(15)17)14-5-13-8/h4-6,10H,3H2,1-2H3,(H,13,14). The Morgan fingerprint density at radius 3 is 3.06 bits per heavy atom. The van der Waals surface area contributed by atoms with Crippen LogP contribution < -0.4 is 5.56 Å². The molecule has 0 aliphatic carbocycles. The number of Topliss-reactive ketones (excluding diaryl/α,β-unsaturated/α-hetero) is 1. The van der Waals surface area contributed by atoms with E-state index in [1.54, 1.807) is 4.57 Å². The molecule has 0 amide bonds. The molecule has 1 aliphatic heterocycles. The van der Waals surface area contributed by atoms with E-state index >= 15 is 0 Å². The van der Waals surface area contributed by atoms with Crippen LogP contribution in [0, 0.1) is 0 Å². The first kappa shape index (κ1) is 10.3. The Kier molecular flexibility index (Phi) is 1.98. The molecule has 0 spiro atoms. The molecule has 1 aliphatic rings. The van der Waals surface area contributed by atoms with Crippen molar-refractivity contribution in [1.29, 1.82) is 0 Å². The van der Waals surface area contributed by atoms with Gasteiger partial charge in [0.1, 0.15) is 0 Å². The van der Waals surface area contributed by atoms with Gasteiger partial charge < -0.3 is 4.98 Å². The molecule has 2 unspecified atom stereocenters. The Bertz CT molecular complexity index is 668. The quantitative estimate of drug-likeness (QED) is 0.805. The molecule has 5 heteroatoms. The van der Waals surface area contributed by atoms with Gasteiger partial charge in [-0.2, -0.15) is 0 Å². The molecule has 17 heavy (non-hydrogen) atoms. The zero-order valence-electron chi connectivity index (χ0n) is 9.73. The van der Waals surface area contributed by atoms with E-state index in [2.05, 4.69) is 9.97 Å². The highest BCUT2D eigenvalue weighted by atomic mass is 16.1. The summed E-state index contributed by atoms with van der Waals surface area (Å²) in [6.45, 7) is 3.57. The number of hydrogen-bond acceptors (Lipinski definition) is 3. The minimum atomic E-state index is -0.325. The minimum absolute atomic E-state index is 0.0348. The average molecular weight is 231 g/mol. The molecular formula is C12H13N3O2. The van der Waals surface area contributed by atoms with E-state index in [0.29, 0.717) is 11.9 Å². The summed E-state index contributed by atoms with van der Waals surface area (Å²) >= 11 is 0. The molecule has 2 atom stereocenters. The van der Waals surface area contributed by atoms with Crippen LogP contribution in [0.25, 0.3) is 11.0 Å². The van der Waals surface area contributed by atoms with E-state index in [4.69, 9.17) is 0 Å². The Balaban J connectivity index is 2.38. The van der Waals surface area contributed by atoms with E-state index < -0.39 is 0 Å². The first-order valence-corrected chi connectivity index (χ1v) is 5.68. The van der Waals surface area contributed by atoms with Crippen molar-refractivity contribution in [3.05, 3.63) is 28.4 Å². The molecule has 88 valence electrons. The van der Waals surface area contributed by atoms with Gasteiger partial charge in [-0.25, -0.2) is 4.98 Å². The minimum Gasteiger partial charge on any atom is -0.344 e. The summed E-state index contributed by atoms with van der Waals surface area (Å²) in [4.78, 5) is 30.8. The smallest absolute Gasteiger partial charge is 0.279 e. The molecule has 2 aromatic rings. The van der Waals surface area contributed by atoms with Gasteiger partial charge in [0.15, 0.2) is 11.3 Å². The van der Waals surface area contributed by atoms with Gasteiger partial charge in [-0.05, 0) is 25.3 Å². The second-order valence-corrected chi connectivity index (χ2v) is 4.67. The van der Waals surface area contributed by atoms with Crippen molar-refractivity contribution in [2.24, 2.45) is 0 Å². The van der Waals surface area contributed by atoms with Crippen LogP contribution in [0.2, 0.25) is 0 Å². The molecule has 0 saturated carbocycles. The van der Waals surface area contributed by atoms with E-state index in [-0.39, 0.29) is 23.3 Å². The second-order valence-electron chi connectivity index (χ2n) is 4.67. The van der Waals surface area contributed by atoms with Gasteiger partial charge in [0.2, 0.25) is 0 Å². The molecule has 1 N–H and O–H groups in total. The molecule has 0 aromatic carbocycles. The molecule has 0 saturated heterocycles. The number of fused-ring (bicyclic) bond motifs is 2. The monoisotopic (exact) mass is 231 g/mol. The third-order valence-electron chi connectivity index (χ3n) is 3.52. The number of rotatable bonds is 1. The Morgan fingerprint density at radius 1 is 1.59 bits per heavy atom. The van der Waals surface area contributed by atoms with Gasteiger partial charge in [-0.1, -0.05) is 6.92 Å². The first-order valence-electron chi connectivity index (χ1n) is 5.68. The Hall–Kier alpha value is -1.91. The predicted molar refractivity (Wildman–Crippen MR) is 63.1 cm³/mol. The summed E-state index contributed by atoms with van der Waals surface area (Å²) in [5.74, 6) is 0.261. The SMILES string of the molecule is CC(=O)C1CC(C)c2cc3[nH]cnc3c(=O)n21. The molecule has 0 bridgehead atoms. The predicted octanol–water partition coefficient (Wildman–Crippen LogP) is 1.36. The third-order valence-corrected chi connectivity index (χ3v) is 3.52. The molecule has 0 radical (unpaired) electrons. The lowest BCUT2D eigenvalue weighted by molar-refractivity contribution is -0.120. The number of nitrogens with one attached hydrogen (secondary N) is 1. The van der Waals surface area contributed by atoms with Gasteiger partial charge in [0.25, 0.3) is 5.56 Å². The van der Waals surface area contributed by atoms with Crippen LogP contribution in [-0.4, -0.2) is 20.3 Å². The number of H-pyrrole nitrogens is 1. The summed E-state index contributed by atoms with van der Waals surface area (Å²) in [6.07, 6.45) is 2.21. The summed E-state index contributed by atoms with van der Waals surface area (Å²) < 4.78 is 1.61. The molecule has 3 heterocycles. The molecule has 2 aromatic heterocycles. The van der Waals surface area contributed by atoms with Crippen molar-refractivity contribution < 1.29 is 4.79 Å². The highest BCUT2D eigenvalue weighted by molar-refractivity contribution is 5.82. The molecular weight excluding hydrogens is 218 g/mol. The highest BCUT2D eigenvalue weighted by Crippen LogP contribution is 2.35. The maximum atomic E-state index is 12.3. The number of imidazole rings is 1. The van der Waals surface area contributed by atoms with Crippen LogP contribution in [-0.2, 0) is 4.79 Å². The van der Waals surface area contributed by atoms with Gasteiger partial charge >= 0.3 is 0 Å². The number of carbonyl (C=O) groups is 1. The average Bonchev–Trinajstić information content (AvgIpc) is 2.85. The van der Waals surface area contributed by atoms with E-state index in [0.717, 1.165) is 11.2 Å². The maximum absolute atomic E-state index is 12.3. The molecule has 0 fully saturated rings. The molecule has 5 nitrogen and oxygen atoms in total. The summed E-state index contributed by atoms with van der Waals surface area (Å²) in [7, 11) is 0. The Morgan fingerprint density at radius 2 is 2.35 bits per heavy atom. The van der Waals surface area contributed by atoms with Crippen LogP contribution in [0.1, 0.15) is 37.9 Å². The second kappa shape index (κ2) is 3.29. The number of hydrogen-bond donors (Lipinski definition) is 1. The fraction of sp³-hybridized carbons (Fsp3) is 0.417. The number of carbonyl (C=O) groups excluding carboxylic acids is 1. The van der Waals surface area contributed by atoms with Gasteiger partial charge in [-0.3, -0.25) is 14.2 Å². The lowest BCUT2D eigenvalue weighted by atomic mass is 10.0. The highest BCUT2D eigenvalue weighted by Gasteiger charge is 2.32. The summed E-state index contributed by atoms with van der Waals surface area (Å²) in [5.41, 5.74) is 1.92. The van der Waals surface area contributed by atoms with Crippen molar-refractivity contribution in [3.8, 4) is 0 Å². The number of aromatic amines is 1. The van der Waals surface area contributed by atoms with Crippen LogP contribution in [0.3, 0.4) is 0 Å². The zero-order chi connectivity index (χ0) is 12.2. The third kappa shape index (κ3) is 1.28. The van der Waals surface area contributed by atoms with Crippen molar-refractivity contribution >= 4 is 16.8 Å². The van der Waals surface area contributed by atoms with Crippen LogP contribution in [0.15, 0.2) is 17.2 Å². The first-order chi connectivity index (χ1) is 8.09.